The predicted octanol–water partition coefficient (Wildman–Crippen LogP) is 4.92. The second-order valence-electron chi connectivity index (χ2n) is 6.73. The summed E-state index contributed by atoms with van der Waals surface area (Å²) in [5.74, 6) is 0. The molecule has 2 amide bonds. The van der Waals surface area contributed by atoms with Crippen LogP contribution >= 0.6 is 22.9 Å². The third kappa shape index (κ3) is 3.59. The number of halogens is 1. The minimum absolute atomic E-state index is 0.0455. The maximum absolute atomic E-state index is 12.6. The van der Waals surface area contributed by atoms with Crippen LogP contribution < -0.4 is 10.2 Å². The first-order valence-electron chi connectivity index (χ1n) is 8.95. The van der Waals surface area contributed by atoms with Gasteiger partial charge in [0, 0.05) is 36.9 Å². The summed E-state index contributed by atoms with van der Waals surface area (Å²) in [6.07, 6.45) is 0. The van der Waals surface area contributed by atoms with E-state index in [-0.39, 0.29) is 6.03 Å². The molecule has 1 saturated heterocycles. The third-order valence-corrected chi connectivity index (χ3v) is 6.45. The summed E-state index contributed by atoms with van der Waals surface area (Å²) in [6, 6.07) is 11.7. The number of aryl methyl sites for hydroxylation is 2. The minimum atomic E-state index is -0.0455. The molecule has 1 fully saturated rings. The maximum Gasteiger partial charge on any atom is 0.321 e. The van der Waals surface area contributed by atoms with Crippen LogP contribution in [-0.2, 0) is 0 Å². The number of thiazole rings is 1. The van der Waals surface area contributed by atoms with Crippen molar-refractivity contribution in [3.05, 3.63) is 52.5 Å². The molecule has 140 valence electrons. The van der Waals surface area contributed by atoms with Gasteiger partial charge in [-0.2, -0.15) is 0 Å². The van der Waals surface area contributed by atoms with E-state index in [0.717, 1.165) is 50.3 Å². The highest BCUT2D eigenvalue weighted by Gasteiger charge is 2.23. The van der Waals surface area contributed by atoms with Gasteiger partial charge in [0.25, 0.3) is 0 Å². The highest BCUT2D eigenvalue weighted by atomic mass is 35.5. The summed E-state index contributed by atoms with van der Waals surface area (Å²) in [5.41, 5.74) is 3.92. The average molecular weight is 401 g/mol. The van der Waals surface area contributed by atoms with Crippen molar-refractivity contribution in [3.63, 3.8) is 0 Å². The first-order valence-corrected chi connectivity index (χ1v) is 10.1. The number of hydrogen-bond acceptors (Lipinski definition) is 4. The summed E-state index contributed by atoms with van der Waals surface area (Å²) in [7, 11) is 0. The summed E-state index contributed by atoms with van der Waals surface area (Å²) < 4.78 is 1.15. The number of carbonyl (C=O) groups excluding carboxylic acids is 1. The van der Waals surface area contributed by atoms with E-state index in [2.05, 4.69) is 10.2 Å². The van der Waals surface area contributed by atoms with Gasteiger partial charge in [0.05, 0.1) is 10.2 Å². The lowest BCUT2D eigenvalue weighted by atomic mass is 10.2. The smallest absolute Gasteiger partial charge is 0.321 e. The number of carbonyl (C=O) groups is 1. The number of piperazine rings is 1. The first kappa shape index (κ1) is 18.1. The van der Waals surface area contributed by atoms with Crippen LogP contribution in [0.25, 0.3) is 10.2 Å². The van der Waals surface area contributed by atoms with Crippen LogP contribution in [-0.4, -0.2) is 42.1 Å². The van der Waals surface area contributed by atoms with Crippen LogP contribution in [0, 0.1) is 13.8 Å². The molecule has 0 spiro atoms. The molecule has 0 aliphatic carbocycles. The van der Waals surface area contributed by atoms with Gasteiger partial charge in [0.2, 0.25) is 0 Å². The Morgan fingerprint density at radius 1 is 1.11 bits per heavy atom. The molecule has 0 radical (unpaired) electrons. The van der Waals surface area contributed by atoms with Gasteiger partial charge < -0.3 is 15.1 Å². The molecule has 4 rings (SSSR count). The Balaban J connectivity index is 1.42. The molecule has 0 saturated carbocycles. The Morgan fingerprint density at radius 3 is 2.59 bits per heavy atom. The number of hydrogen-bond donors (Lipinski definition) is 1. The van der Waals surface area contributed by atoms with E-state index in [4.69, 9.17) is 16.6 Å². The first-order chi connectivity index (χ1) is 13.0. The summed E-state index contributed by atoms with van der Waals surface area (Å²) in [6.45, 7) is 6.89. The van der Waals surface area contributed by atoms with Gasteiger partial charge in [-0.1, -0.05) is 41.1 Å². The molecule has 5 nitrogen and oxygen atoms in total. The van der Waals surface area contributed by atoms with Crippen LogP contribution in [0.15, 0.2) is 36.4 Å². The zero-order chi connectivity index (χ0) is 19.0. The van der Waals surface area contributed by atoms with Crippen LogP contribution in [0.1, 0.15) is 11.1 Å². The normalized spacial score (nSPS) is 14.6. The van der Waals surface area contributed by atoms with E-state index in [1.165, 1.54) is 0 Å². The van der Waals surface area contributed by atoms with E-state index in [1.54, 1.807) is 11.3 Å². The molecule has 1 N–H and O–H groups in total. The van der Waals surface area contributed by atoms with Crippen molar-refractivity contribution in [2.45, 2.75) is 13.8 Å². The number of benzene rings is 2. The SMILES string of the molecule is Cc1ccccc1NC(=O)N1CCN(c2nc3c(C)c(Cl)ccc3s2)CC1. The maximum atomic E-state index is 12.6. The number of amides is 2. The van der Waals surface area contributed by atoms with E-state index in [9.17, 15) is 4.79 Å². The van der Waals surface area contributed by atoms with Gasteiger partial charge >= 0.3 is 6.03 Å². The number of rotatable bonds is 2. The molecule has 0 atom stereocenters. The summed E-state index contributed by atoms with van der Waals surface area (Å²) in [5, 5.41) is 4.75. The average Bonchev–Trinajstić information content (AvgIpc) is 3.12. The quantitative estimate of drug-likeness (QED) is 0.664. The molecule has 7 heteroatoms. The lowest BCUT2D eigenvalue weighted by Crippen LogP contribution is -2.50. The van der Waals surface area contributed by atoms with Crippen molar-refractivity contribution in [2.24, 2.45) is 0 Å². The molecule has 2 heterocycles. The van der Waals surface area contributed by atoms with Crippen molar-refractivity contribution in [3.8, 4) is 0 Å². The molecule has 1 aromatic heterocycles. The molecule has 0 unspecified atom stereocenters. The van der Waals surface area contributed by atoms with E-state index >= 15 is 0 Å². The highest BCUT2D eigenvalue weighted by Crippen LogP contribution is 2.33. The van der Waals surface area contributed by atoms with Gasteiger partial charge in [0.15, 0.2) is 5.13 Å². The van der Waals surface area contributed by atoms with Crippen LogP contribution in [0.5, 0.6) is 0 Å². The number of fused-ring (bicyclic) bond motifs is 1. The minimum Gasteiger partial charge on any atom is -0.345 e. The Labute approximate surface area is 167 Å². The van der Waals surface area contributed by atoms with Gasteiger partial charge in [0.1, 0.15) is 0 Å². The fourth-order valence-corrected chi connectivity index (χ4v) is 4.46. The van der Waals surface area contributed by atoms with E-state index in [1.807, 2.05) is 55.1 Å². The highest BCUT2D eigenvalue weighted by molar-refractivity contribution is 7.22. The summed E-state index contributed by atoms with van der Waals surface area (Å²) >= 11 is 7.89. The molecular formula is C20H21ClN4OS. The number of aromatic nitrogens is 1. The van der Waals surface area contributed by atoms with Gasteiger partial charge in [-0.15, -0.1) is 0 Å². The van der Waals surface area contributed by atoms with Crippen LogP contribution in [0.3, 0.4) is 0 Å². The largest absolute Gasteiger partial charge is 0.345 e. The lowest BCUT2D eigenvalue weighted by molar-refractivity contribution is 0.208. The second kappa shape index (κ2) is 7.37. The van der Waals surface area contributed by atoms with Crippen molar-refractivity contribution < 1.29 is 4.79 Å². The van der Waals surface area contributed by atoms with E-state index < -0.39 is 0 Å². The molecule has 1 aliphatic heterocycles. The van der Waals surface area contributed by atoms with Gasteiger partial charge in [-0.3, -0.25) is 0 Å². The summed E-state index contributed by atoms with van der Waals surface area (Å²) in [4.78, 5) is 21.4. The number of anilines is 2. The lowest BCUT2D eigenvalue weighted by Gasteiger charge is -2.34. The molecule has 3 aromatic rings. The number of nitrogens with one attached hydrogen (secondary N) is 1. The second-order valence-corrected chi connectivity index (χ2v) is 8.15. The fourth-order valence-electron chi connectivity index (χ4n) is 3.23. The Morgan fingerprint density at radius 2 is 1.85 bits per heavy atom. The van der Waals surface area contributed by atoms with Crippen molar-refractivity contribution in [1.29, 1.82) is 0 Å². The predicted molar refractivity (Wildman–Crippen MR) is 113 cm³/mol. The molecule has 27 heavy (non-hydrogen) atoms. The molecule has 0 bridgehead atoms. The van der Waals surface area contributed by atoms with Crippen molar-refractivity contribution in [2.75, 3.05) is 36.4 Å². The third-order valence-electron chi connectivity index (χ3n) is 4.96. The number of nitrogens with zero attached hydrogens (tertiary/aromatic N) is 3. The van der Waals surface area contributed by atoms with Crippen LogP contribution in [0.2, 0.25) is 5.02 Å². The number of urea groups is 1. The Hall–Kier alpha value is -2.31. The Bertz CT molecular complexity index is 995. The molecular weight excluding hydrogens is 380 g/mol. The van der Waals surface area contributed by atoms with Crippen molar-refractivity contribution >= 4 is 50.0 Å². The zero-order valence-corrected chi connectivity index (χ0v) is 16.9. The topological polar surface area (TPSA) is 48.5 Å². The standard InChI is InChI=1S/C20H21ClN4OS/c1-13-5-3-4-6-16(13)22-19(26)24-9-11-25(12-10-24)20-23-18-14(2)15(21)7-8-17(18)27-20/h3-8H,9-12H2,1-2H3,(H,22,26). The van der Waals surface area contributed by atoms with Gasteiger partial charge in [-0.05, 0) is 43.2 Å². The molecule has 1 aliphatic rings. The number of para-hydroxylation sites is 1. The monoisotopic (exact) mass is 400 g/mol. The zero-order valence-electron chi connectivity index (χ0n) is 15.3. The van der Waals surface area contributed by atoms with Gasteiger partial charge in [-0.25, -0.2) is 9.78 Å². The van der Waals surface area contributed by atoms with E-state index in [0.29, 0.717) is 13.1 Å². The fraction of sp³-hybridized carbons (Fsp3) is 0.300. The van der Waals surface area contributed by atoms with Crippen molar-refractivity contribution in [1.82, 2.24) is 9.88 Å². The van der Waals surface area contributed by atoms with Crippen LogP contribution in [0.4, 0.5) is 15.6 Å². The molecule has 2 aromatic carbocycles. The Kier molecular flexibility index (Phi) is 4.93.